The lowest BCUT2D eigenvalue weighted by molar-refractivity contribution is 0.168. The lowest BCUT2D eigenvalue weighted by Crippen LogP contribution is -2.44. The minimum Gasteiger partial charge on any atom is -0.394 e. The Kier molecular flexibility index (Phi) is 4.35. The summed E-state index contributed by atoms with van der Waals surface area (Å²) < 4.78 is 1.78. The van der Waals surface area contributed by atoms with Gasteiger partial charge in [0.1, 0.15) is 0 Å². The number of aromatic nitrogens is 2. The number of aryl methyl sites for hydroxylation is 2. The van der Waals surface area contributed by atoms with Gasteiger partial charge in [0, 0.05) is 19.1 Å². The molecule has 1 heterocycles. The second-order valence-corrected chi connectivity index (χ2v) is 4.77. The van der Waals surface area contributed by atoms with E-state index in [1.807, 2.05) is 27.8 Å². The second-order valence-electron chi connectivity index (χ2n) is 4.40. The summed E-state index contributed by atoms with van der Waals surface area (Å²) in [6, 6.07) is 0. The van der Waals surface area contributed by atoms with E-state index in [0.717, 1.165) is 17.8 Å². The van der Waals surface area contributed by atoms with Crippen LogP contribution in [0, 0.1) is 6.92 Å². The van der Waals surface area contributed by atoms with E-state index in [0.29, 0.717) is 11.6 Å². The Hall–Kier alpha value is -0.580. The fourth-order valence-electron chi connectivity index (χ4n) is 1.46. The third-order valence-electron chi connectivity index (χ3n) is 3.07. The van der Waals surface area contributed by atoms with Crippen LogP contribution in [0.5, 0.6) is 0 Å². The minimum atomic E-state index is -0.262. The highest BCUT2D eigenvalue weighted by atomic mass is 35.5. The lowest BCUT2D eigenvalue weighted by Gasteiger charge is -2.27. The van der Waals surface area contributed by atoms with Gasteiger partial charge in [0.25, 0.3) is 0 Å². The highest BCUT2D eigenvalue weighted by molar-refractivity contribution is 6.31. The quantitative estimate of drug-likeness (QED) is 0.829. The average Bonchev–Trinajstić information content (AvgIpc) is 2.51. The van der Waals surface area contributed by atoms with Crippen molar-refractivity contribution in [3.8, 4) is 0 Å². The summed E-state index contributed by atoms with van der Waals surface area (Å²) in [5.74, 6) is 0. The molecule has 0 bridgehead atoms. The van der Waals surface area contributed by atoms with E-state index in [4.69, 9.17) is 11.6 Å². The smallest absolute Gasteiger partial charge is 0.0860 e. The number of aliphatic hydroxyl groups is 1. The fourth-order valence-corrected chi connectivity index (χ4v) is 1.69. The van der Waals surface area contributed by atoms with Gasteiger partial charge in [-0.15, -0.1) is 0 Å². The molecule has 1 rings (SSSR count). The molecule has 0 aromatic carbocycles. The van der Waals surface area contributed by atoms with Gasteiger partial charge in [-0.3, -0.25) is 4.68 Å². The summed E-state index contributed by atoms with van der Waals surface area (Å²) in [7, 11) is 1.87. The van der Waals surface area contributed by atoms with Crippen LogP contribution in [0.4, 0.5) is 0 Å². The molecule has 0 fully saturated rings. The maximum Gasteiger partial charge on any atom is 0.0860 e. The highest BCUT2D eigenvalue weighted by Gasteiger charge is 2.21. The number of rotatable bonds is 5. The van der Waals surface area contributed by atoms with Crippen LogP contribution in [-0.2, 0) is 13.6 Å². The van der Waals surface area contributed by atoms with Crippen molar-refractivity contribution in [1.29, 1.82) is 0 Å². The molecule has 0 spiro atoms. The first kappa shape index (κ1) is 13.5. The zero-order valence-corrected chi connectivity index (χ0v) is 11.1. The molecule has 0 aliphatic heterocycles. The van der Waals surface area contributed by atoms with E-state index >= 15 is 0 Å². The van der Waals surface area contributed by atoms with Gasteiger partial charge in [-0.05, 0) is 20.3 Å². The molecule has 0 aliphatic carbocycles. The van der Waals surface area contributed by atoms with Gasteiger partial charge < -0.3 is 10.4 Å². The predicted octanol–water partition coefficient (Wildman–Crippen LogP) is 1.63. The topological polar surface area (TPSA) is 50.1 Å². The van der Waals surface area contributed by atoms with Gasteiger partial charge in [0.15, 0.2) is 0 Å². The summed E-state index contributed by atoms with van der Waals surface area (Å²) in [6.07, 6.45) is 0.859. The van der Waals surface area contributed by atoms with E-state index < -0.39 is 0 Å². The first-order valence-electron chi connectivity index (χ1n) is 5.47. The zero-order chi connectivity index (χ0) is 12.3. The molecule has 1 aromatic heterocycles. The van der Waals surface area contributed by atoms with Crippen molar-refractivity contribution in [1.82, 2.24) is 15.1 Å². The summed E-state index contributed by atoms with van der Waals surface area (Å²) in [5.41, 5.74) is 1.53. The Morgan fingerprint density at radius 2 is 2.19 bits per heavy atom. The zero-order valence-electron chi connectivity index (χ0n) is 10.3. The molecule has 0 saturated carbocycles. The molecule has 16 heavy (non-hydrogen) atoms. The summed E-state index contributed by atoms with van der Waals surface area (Å²) in [4.78, 5) is 0. The number of aliphatic hydroxyl groups excluding tert-OH is 1. The van der Waals surface area contributed by atoms with Crippen molar-refractivity contribution in [2.45, 2.75) is 39.3 Å². The molecule has 92 valence electrons. The fraction of sp³-hybridized carbons (Fsp3) is 0.727. The molecular formula is C11H20ClN3O. The first-order valence-corrected chi connectivity index (χ1v) is 5.85. The molecule has 4 nitrogen and oxygen atoms in total. The van der Waals surface area contributed by atoms with E-state index in [1.165, 1.54) is 0 Å². The molecule has 1 aromatic rings. The average molecular weight is 246 g/mol. The SMILES string of the molecule is CCC(C)(CO)NCc1c(Cl)c(C)nn1C. The van der Waals surface area contributed by atoms with Crippen LogP contribution in [0.3, 0.4) is 0 Å². The van der Waals surface area contributed by atoms with Gasteiger partial charge in [-0.1, -0.05) is 18.5 Å². The van der Waals surface area contributed by atoms with Crippen molar-refractivity contribution in [3.63, 3.8) is 0 Å². The third kappa shape index (κ3) is 2.75. The first-order chi connectivity index (χ1) is 7.43. The van der Waals surface area contributed by atoms with Crippen LogP contribution >= 0.6 is 11.6 Å². The Morgan fingerprint density at radius 3 is 2.56 bits per heavy atom. The van der Waals surface area contributed by atoms with Gasteiger partial charge in [-0.2, -0.15) is 5.10 Å². The molecule has 5 heteroatoms. The number of halogens is 1. The second kappa shape index (κ2) is 5.17. The van der Waals surface area contributed by atoms with Gasteiger partial charge in [-0.25, -0.2) is 0 Å². The van der Waals surface area contributed by atoms with Crippen LogP contribution in [0.15, 0.2) is 0 Å². The van der Waals surface area contributed by atoms with Crippen LogP contribution in [0.25, 0.3) is 0 Å². The highest BCUT2D eigenvalue weighted by Crippen LogP contribution is 2.20. The van der Waals surface area contributed by atoms with Crippen molar-refractivity contribution < 1.29 is 5.11 Å². The van der Waals surface area contributed by atoms with Crippen molar-refractivity contribution >= 4 is 11.6 Å². The van der Waals surface area contributed by atoms with E-state index in [9.17, 15) is 5.11 Å². The van der Waals surface area contributed by atoms with Crippen molar-refractivity contribution in [2.75, 3.05) is 6.61 Å². The Labute approximate surface area is 102 Å². The Bertz CT molecular complexity index is 358. The van der Waals surface area contributed by atoms with E-state index in [2.05, 4.69) is 10.4 Å². The summed E-state index contributed by atoms with van der Waals surface area (Å²) in [5, 5.41) is 17.5. The largest absolute Gasteiger partial charge is 0.394 e. The van der Waals surface area contributed by atoms with E-state index in [-0.39, 0.29) is 12.1 Å². The van der Waals surface area contributed by atoms with Gasteiger partial charge in [0.2, 0.25) is 0 Å². The Morgan fingerprint density at radius 1 is 1.56 bits per heavy atom. The number of hydrogen-bond acceptors (Lipinski definition) is 3. The van der Waals surface area contributed by atoms with Crippen LogP contribution in [0.1, 0.15) is 31.7 Å². The molecule has 0 radical (unpaired) electrons. The van der Waals surface area contributed by atoms with Gasteiger partial charge >= 0.3 is 0 Å². The minimum absolute atomic E-state index is 0.109. The maximum absolute atomic E-state index is 9.29. The normalized spacial score (nSPS) is 15.1. The van der Waals surface area contributed by atoms with Crippen LogP contribution in [0.2, 0.25) is 5.02 Å². The van der Waals surface area contributed by atoms with Crippen molar-refractivity contribution in [2.24, 2.45) is 7.05 Å². The maximum atomic E-state index is 9.29. The monoisotopic (exact) mass is 245 g/mol. The summed E-state index contributed by atoms with van der Waals surface area (Å²) >= 11 is 6.14. The molecule has 0 saturated heterocycles. The third-order valence-corrected chi connectivity index (χ3v) is 3.57. The van der Waals surface area contributed by atoms with Crippen LogP contribution < -0.4 is 5.32 Å². The number of hydrogen-bond donors (Lipinski definition) is 2. The molecule has 2 N–H and O–H groups in total. The number of nitrogens with one attached hydrogen (secondary N) is 1. The molecule has 1 atom stereocenters. The Balaban J connectivity index is 2.74. The predicted molar refractivity (Wildman–Crippen MR) is 65.6 cm³/mol. The van der Waals surface area contributed by atoms with Crippen molar-refractivity contribution in [3.05, 3.63) is 16.4 Å². The van der Waals surface area contributed by atoms with E-state index in [1.54, 1.807) is 4.68 Å². The molecule has 0 aliphatic rings. The van der Waals surface area contributed by atoms with Crippen LogP contribution in [-0.4, -0.2) is 27.0 Å². The lowest BCUT2D eigenvalue weighted by atomic mass is 10.0. The molecular weight excluding hydrogens is 226 g/mol. The molecule has 1 unspecified atom stereocenters. The summed E-state index contributed by atoms with van der Waals surface area (Å²) in [6.45, 7) is 6.64. The standard InChI is InChI=1S/C11H20ClN3O/c1-5-11(3,7-16)13-6-9-10(12)8(2)14-15(9)4/h13,16H,5-7H2,1-4H3. The number of nitrogens with zero attached hydrogens (tertiary/aromatic N) is 2. The van der Waals surface area contributed by atoms with Gasteiger partial charge in [0.05, 0.1) is 23.0 Å². The molecule has 0 amide bonds.